The maximum atomic E-state index is 11.3. The molecular weight excluding hydrogens is 434 g/mol. The van der Waals surface area contributed by atoms with Gasteiger partial charge in [0.2, 0.25) is 5.89 Å². The number of aromatic nitrogens is 3. The van der Waals surface area contributed by atoms with Gasteiger partial charge in [-0.2, -0.15) is 5.10 Å². The Bertz CT molecular complexity index is 1270. The lowest BCUT2D eigenvalue weighted by atomic mass is 9.87. The minimum atomic E-state index is -0.620. The van der Waals surface area contributed by atoms with Gasteiger partial charge in [0.15, 0.2) is 5.69 Å². The number of fused-ring (bicyclic) bond motifs is 1. The topological polar surface area (TPSA) is 120 Å². The van der Waals surface area contributed by atoms with Crippen molar-refractivity contribution >= 4 is 28.1 Å². The molecule has 1 fully saturated rings. The Labute approximate surface area is 197 Å². The highest BCUT2D eigenvalue weighted by atomic mass is 16.5. The van der Waals surface area contributed by atoms with E-state index >= 15 is 0 Å². The molecule has 0 spiro atoms. The summed E-state index contributed by atoms with van der Waals surface area (Å²) in [6, 6.07) is 4.43. The molecule has 3 aromatic rings. The largest absolute Gasteiger partial charge is 0.494 e. The van der Waals surface area contributed by atoms with E-state index in [4.69, 9.17) is 20.0 Å². The number of nitrogens with zero attached hydrogens (tertiary/aromatic N) is 4. The Hall–Kier alpha value is -3.59. The molecule has 0 bridgehead atoms. The lowest BCUT2D eigenvalue weighted by Gasteiger charge is -2.30. The first kappa shape index (κ1) is 22.2. The van der Waals surface area contributed by atoms with Gasteiger partial charge in [-0.25, -0.2) is 4.98 Å². The third kappa shape index (κ3) is 4.07. The first-order chi connectivity index (χ1) is 16.5. The number of primary amides is 1. The number of carbonyl (C=O) groups is 1. The monoisotopic (exact) mass is 463 g/mol. The van der Waals surface area contributed by atoms with Gasteiger partial charge < -0.3 is 24.9 Å². The molecule has 1 atom stereocenters. The van der Waals surface area contributed by atoms with Crippen molar-refractivity contribution in [3.63, 3.8) is 0 Å². The highest BCUT2D eigenvalue weighted by Crippen LogP contribution is 2.38. The second kappa shape index (κ2) is 8.98. The van der Waals surface area contributed by atoms with Crippen molar-refractivity contribution in [3.05, 3.63) is 54.5 Å². The van der Waals surface area contributed by atoms with Crippen molar-refractivity contribution in [2.45, 2.75) is 44.7 Å². The van der Waals surface area contributed by atoms with Crippen LogP contribution in [-0.4, -0.2) is 45.5 Å². The van der Waals surface area contributed by atoms with Crippen molar-refractivity contribution in [1.82, 2.24) is 14.8 Å². The van der Waals surface area contributed by atoms with E-state index in [0.717, 1.165) is 53.6 Å². The number of carbonyl (C=O) groups excluding carboxylic acids is 1. The SMILES string of the molecule is COc1cc2nn(C3CCC(CO)CC3)cc2cc1N1C=CC(c2nc(C(N)=O)co2)=CC1C. The van der Waals surface area contributed by atoms with E-state index in [2.05, 4.69) is 33.8 Å². The number of aliphatic hydroxyl groups is 1. The van der Waals surface area contributed by atoms with E-state index in [1.54, 1.807) is 7.11 Å². The molecule has 1 aliphatic heterocycles. The van der Waals surface area contributed by atoms with E-state index in [-0.39, 0.29) is 18.3 Å². The number of benzene rings is 1. The zero-order valence-electron chi connectivity index (χ0n) is 19.3. The Balaban J connectivity index is 1.41. The fourth-order valence-electron chi connectivity index (χ4n) is 4.86. The third-order valence-electron chi connectivity index (χ3n) is 6.83. The van der Waals surface area contributed by atoms with Crippen LogP contribution in [0.1, 0.15) is 55.0 Å². The van der Waals surface area contributed by atoms with Crippen molar-refractivity contribution in [2.24, 2.45) is 11.7 Å². The summed E-state index contributed by atoms with van der Waals surface area (Å²) in [5.41, 5.74) is 8.00. The second-order valence-electron chi connectivity index (χ2n) is 9.04. The Morgan fingerprint density at radius 3 is 2.74 bits per heavy atom. The molecule has 0 radical (unpaired) electrons. The molecule has 1 amide bonds. The lowest BCUT2D eigenvalue weighted by molar-refractivity contribution is 0.0995. The summed E-state index contributed by atoms with van der Waals surface area (Å²) in [5.74, 6) is 0.889. The Morgan fingerprint density at radius 1 is 1.29 bits per heavy atom. The van der Waals surface area contributed by atoms with Crippen LogP contribution in [0.15, 0.2) is 47.4 Å². The summed E-state index contributed by atoms with van der Waals surface area (Å²) in [5, 5.41) is 15.3. The molecule has 1 unspecified atom stereocenters. The lowest BCUT2D eigenvalue weighted by Crippen LogP contribution is -2.28. The van der Waals surface area contributed by atoms with Gasteiger partial charge in [-0.05, 0) is 56.7 Å². The molecule has 1 aliphatic carbocycles. The Kier molecular flexibility index (Phi) is 5.87. The smallest absolute Gasteiger partial charge is 0.270 e. The maximum absolute atomic E-state index is 11.3. The number of rotatable bonds is 6. The molecule has 2 aliphatic rings. The summed E-state index contributed by atoms with van der Waals surface area (Å²) < 4.78 is 13.2. The van der Waals surface area contributed by atoms with Crippen LogP contribution in [0.5, 0.6) is 5.75 Å². The Morgan fingerprint density at radius 2 is 2.09 bits per heavy atom. The van der Waals surface area contributed by atoms with Gasteiger partial charge in [0.1, 0.15) is 12.0 Å². The summed E-state index contributed by atoms with van der Waals surface area (Å²) in [6.07, 6.45) is 13.4. The van der Waals surface area contributed by atoms with E-state index < -0.39 is 5.91 Å². The third-order valence-corrected chi connectivity index (χ3v) is 6.83. The second-order valence-corrected chi connectivity index (χ2v) is 9.04. The fourth-order valence-corrected chi connectivity index (χ4v) is 4.86. The zero-order valence-corrected chi connectivity index (χ0v) is 19.3. The van der Waals surface area contributed by atoms with Crippen molar-refractivity contribution in [2.75, 3.05) is 18.6 Å². The highest BCUT2D eigenvalue weighted by Gasteiger charge is 2.25. The van der Waals surface area contributed by atoms with Crippen LogP contribution in [0, 0.1) is 5.92 Å². The van der Waals surface area contributed by atoms with E-state index in [0.29, 0.717) is 17.9 Å². The molecule has 9 heteroatoms. The molecule has 1 aromatic carbocycles. The number of amides is 1. The van der Waals surface area contributed by atoms with Crippen molar-refractivity contribution in [3.8, 4) is 5.75 Å². The number of methoxy groups -OCH3 is 1. The number of hydrogen-bond acceptors (Lipinski definition) is 7. The number of aliphatic hydroxyl groups excluding tert-OH is 1. The minimum Gasteiger partial charge on any atom is -0.494 e. The van der Waals surface area contributed by atoms with Gasteiger partial charge in [-0.3, -0.25) is 9.48 Å². The zero-order chi connectivity index (χ0) is 23.8. The van der Waals surface area contributed by atoms with E-state index in [1.165, 1.54) is 6.26 Å². The molecule has 1 saturated carbocycles. The number of oxazole rings is 1. The van der Waals surface area contributed by atoms with Crippen LogP contribution in [0.3, 0.4) is 0 Å². The van der Waals surface area contributed by atoms with Crippen LogP contribution < -0.4 is 15.4 Å². The first-order valence-electron chi connectivity index (χ1n) is 11.6. The molecule has 34 heavy (non-hydrogen) atoms. The van der Waals surface area contributed by atoms with Crippen LogP contribution in [0.2, 0.25) is 0 Å². The first-order valence-corrected chi connectivity index (χ1v) is 11.6. The molecule has 0 saturated heterocycles. The quantitative estimate of drug-likeness (QED) is 0.572. The molecule has 3 heterocycles. The van der Waals surface area contributed by atoms with Crippen molar-refractivity contribution in [1.29, 1.82) is 0 Å². The van der Waals surface area contributed by atoms with Crippen molar-refractivity contribution < 1.29 is 19.1 Å². The average molecular weight is 464 g/mol. The summed E-state index contributed by atoms with van der Waals surface area (Å²) >= 11 is 0. The molecule has 3 N–H and O–H groups in total. The molecule has 5 rings (SSSR count). The van der Waals surface area contributed by atoms with Crippen LogP contribution in [-0.2, 0) is 0 Å². The normalized spacial score (nSPS) is 22.7. The summed E-state index contributed by atoms with van der Waals surface area (Å²) in [4.78, 5) is 17.6. The average Bonchev–Trinajstić information content (AvgIpc) is 3.51. The number of allylic oxidation sites excluding steroid dienone is 2. The summed E-state index contributed by atoms with van der Waals surface area (Å²) in [6.45, 7) is 2.34. The number of nitrogens with two attached hydrogens (primary N) is 1. The number of ether oxygens (including phenoxy) is 1. The molecular formula is C25H29N5O4. The fraction of sp³-hybridized carbons (Fsp3) is 0.400. The van der Waals surface area contributed by atoms with E-state index in [9.17, 15) is 9.90 Å². The van der Waals surface area contributed by atoms with Gasteiger partial charge in [-0.1, -0.05) is 0 Å². The van der Waals surface area contributed by atoms with Gasteiger partial charge >= 0.3 is 0 Å². The van der Waals surface area contributed by atoms with Crippen LogP contribution >= 0.6 is 0 Å². The molecule has 9 nitrogen and oxygen atoms in total. The molecule has 2 aromatic heterocycles. The predicted molar refractivity (Wildman–Crippen MR) is 128 cm³/mol. The van der Waals surface area contributed by atoms with Gasteiger partial charge in [0, 0.05) is 42.1 Å². The van der Waals surface area contributed by atoms with Crippen LogP contribution in [0.25, 0.3) is 16.5 Å². The minimum absolute atomic E-state index is 0.0147. The van der Waals surface area contributed by atoms with Gasteiger partial charge in [0.25, 0.3) is 5.91 Å². The predicted octanol–water partition coefficient (Wildman–Crippen LogP) is 3.66. The van der Waals surface area contributed by atoms with Gasteiger partial charge in [-0.15, -0.1) is 0 Å². The maximum Gasteiger partial charge on any atom is 0.270 e. The molecule has 178 valence electrons. The standard InChI is InChI=1S/C25H29N5O4/c1-15-9-17(25-27-21(14-34-25)24(26)32)7-8-29(15)22-10-18-12-30(28-20(18)11-23(22)33-2)19-5-3-16(13-31)4-6-19/h7-12,14-16,19,31H,3-6,13H2,1-2H3,(H2,26,32). The van der Waals surface area contributed by atoms with E-state index in [1.807, 2.05) is 24.4 Å². The van der Waals surface area contributed by atoms with Crippen LogP contribution in [0.4, 0.5) is 5.69 Å². The number of hydrogen-bond donors (Lipinski definition) is 2. The summed E-state index contributed by atoms with van der Waals surface area (Å²) in [7, 11) is 1.66. The van der Waals surface area contributed by atoms with Gasteiger partial charge in [0.05, 0.1) is 24.4 Å². The number of anilines is 1. The highest BCUT2D eigenvalue weighted by molar-refractivity contribution is 5.91.